The SMILES string of the molecule is CC1(C)C[C@@H](O)[C@]2(C)CC[C@]3(C)C(=CC[C@@H]4[C@@]5(C)CC[C@H](O)[C@](C)(CO)[C@@H]5CC[C@]43C)[C@H]2C1. The summed E-state index contributed by atoms with van der Waals surface area (Å²) in [6, 6.07) is 0. The number of fused-ring (bicyclic) bond motifs is 7. The monoisotopic (exact) mass is 458 g/mol. The molecule has 0 heterocycles. The zero-order valence-electron chi connectivity index (χ0n) is 22.4. The topological polar surface area (TPSA) is 60.7 Å². The lowest BCUT2D eigenvalue weighted by atomic mass is 9.33. The van der Waals surface area contributed by atoms with Crippen LogP contribution in [-0.2, 0) is 0 Å². The lowest BCUT2D eigenvalue weighted by molar-refractivity contribution is -0.218. The van der Waals surface area contributed by atoms with Crippen molar-refractivity contribution in [2.75, 3.05) is 6.61 Å². The van der Waals surface area contributed by atoms with Crippen molar-refractivity contribution >= 4 is 0 Å². The van der Waals surface area contributed by atoms with E-state index < -0.39 is 6.10 Å². The first-order valence-corrected chi connectivity index (χ1v) is 13.9. The van der Waals surface area contributed by atoms with Crippen LogP contribution in [0.25, 0.3) is 0 Å². The predicted molar refractivity (Wildman–Crippen MR) is 134 cm³/mol. The van der Waals surface area contributed by atoms with Gasteiger partial charge in [0.2, 0.25) is 0 Å². The number of aliphatic hydroxyl groups excluding tert-OH is 3. The zero-order chi connectivity index (χ0) is 24.2. The van der Waals surface area contributed by atoms with Crippen LogP contribution in [0.15, 0.2) is 11.6 Å². The van der Waals surface area contributed by atoms with Crippen LogP contribution in [0.5, 0.6) is 0 Å². The Hall–Kier alpha value is -0.380. The van der Waals surface area contributed by atoms with Crippen LogP contribution in [-0.4, -0.2) is 34.1 Å². The van der Waals surface area contributed by atoms with Gasteiger partial charge in [-0.1, -0.05) is 60.1 Å². The Kier molecular flexibility index (Phi) is 5.23. The highest BCUT2D eigenvalue weighted by molar-refractivity contribution is 5.34. The predicted octanol–water partition coefficient (Wildman–Crippen LogP) is 6.11. The largest absolute Gasteiger partial charge is 0.396 e. The maximum absolute atomic E-state index is 11.3. The minimum atomic E-state index is -0.392. The molecule has 5 aliphatic carbocycles. The maximum Gasteiger partial charge on any atom is 0.0618 e. The van der Waals surface area contributed by atoms with E-state index in [-0.39, 0.29) is 45.2 Å². The van der Waals surface area contributed by atoms with Crippen LogP contribution in [0.2, 0.25) is 0 Å². The number of aliphatic hydroxyl groups is 3. The Morgan fingerprint density at radius 3 is 2.15 bits per heavy atom. The normalized spacial score (nSPS) is 57.8. The fourth-order valence-electron chi connectivity index (χ4n) is 10.7. The molecule has 33 heavy (non-hydrogen) atoms. The third-order valence-electron chi connectivity index (χ3n) is 13.2. The quantitative estimate of drug-likeness (QED) is 0.415. The summed E-state index contributed by atoms with van der Waals surface area (Å²) < 4.78 is 0. The van der Waals surface area contributed by atoms with Gasteiger partial charge in [-0.15, -0.1) is 0 Å². The van der Waals surface area contributed by atoms with Gasteiger partial charge in [0.1, 0.15) is 0 Å². The van der Waals surface area contributed by atoms with Gasteiger partial charge in [0, 0.05) is 10.8 Å². The minimum absolute atomic E-state index is 0.00950. The lowest BCUT2D eigenvalue weighted by Gasteiger charge is -2.71. The van der Waals surface area contributed by atoms with E-state index >= 15 is 0 Å². The van der Waals surface area contributed by atoms with Gasteiger partial charge in [-0.25, -0.2) is 0 Å². The van der Waals surface area contributed by atoms with E-state index in [9.17, 15) is 15.3 Å². The Bertz CT molecular complexity index is 847. The summed E-state index contributed by atoms with van der Waals surface area (Å²) in [5.41, 5.74) is 2.04. The first-order chi connectivity index (χ1) is 15.2. The molecule has 0 spiro atoms. The summed E-state index contributed by atoms with van der Waals surface area (Å²) >= 11 is 0. The molecule has 0 radical (unpaired) electrons. The van der Waals surface area contributed by atoms with Crippen molar-refractivity contribution in [2.24, 2.45) is 50.2 Å². The molecular weight excluding hydrogens is 408 g/mol. The fraction of sp³-hybridized carbons (Fsp3) is 0.933. The van der Waals surface area contributed by atoms with Crippen molar-refractivity contribution < 1.29 is 15.3 Å². The van der Waals surface area contributed by atoms with Gasteiger partial charge in [0.05, 0.1) is 18.8 Å². The van der Waals surface area contributed by atoms with Gasteiger partial charge in [-0.3, -0.25) is 0 Å². The second-order valence-corrected chi connectivity index (χ2v) is 15.2. The standard InChI is InChI=1S/C30H50O3/c1-25(2)16-20-19-8-9-22-27(4)12-11-23(32)28(5,18-31)21(27)10-13-30(22,7)29(19,6)15-14-26(20,3)24(33)17-25/h8,20-24,31-33H,9-18H2,1-7H3/t20-,21-,22-,23+,24-,26-,27+,28-,29-,30-/m1/s1. The molecule has 5 rings (SSSR count). The number of hydrogen-bond acceptors (Lipinski definition) is 3. The number of hydrogen-bond donors (Lipinski definition) is 3. The molecule has 0 aromatic rings. The van der Waals surface area contributed by atoms with Gasteiger partial charge in [0.25, 0.3) is 0 Å². The first kappa shape index (κ1) is 24.3. The molecule has 0 amide bonds. The number of allylic oxidation sites excluding steroid dienone is 2. The van der Waals surface area contributed by atoms with E-state index in [0.717, 1.165) is 38.5 Å². The minimum Gasteiger partial charge on any atom is -0.396 e. The molecular formula is C30H50O3. The molecule has 0 aliphatic heterocycles. The van der Waals surface area contributed by atoms with Crippen molar-refractivity contribution in [1.29, 1.82) is 0 Å². The average molecular weight is 459 g/mol. The van der Waals surface area contributed by atoms with E-state index in [1.54, 1.807) is 5.57 Å². The van der Waals surface area contributed by atoms with Crippen LogP contribution in [0.3, 0.4) is 0 Å². The summed E-state index contributed by atoms with van der Waals surface area (Å²) in [4.78, 5) is 0. The zero-order valence-corrected chi connectivity index (χ0v) is 22.4. The van der Waals surface area contributed by atoms with Crippen LogP contribution in [0.4, 0.5) is 0 Å². The Morgan fingerprint density at radius 2 is 1.48 bits per heavy atom. The fourth-order valence-corrected chi connectivity index (χ4v) is 10.7. The lowest BCUT2D eigenvalue weighted by Crippen LogP contribution is -2.66. The molecule has 3 N–H and O–H groups in total. The summed E-state index contributed by atoms with van der Waals surface area (Å²) in [5.74, 6) is 1.44. The van der Waals surface area contributed by atoms with Crippen molar-refractivity contribution in [3.8, 4) is 0 Å². The van der Waals surface area contributed by atoms with Gasteiger partial charge in [0.15, 0.2) is 0 Å². The Morgan fingerprint density at radius 1 is 0.788 bits per heavy atom. The molecule has 3 nitrogen and oxygen atoms in total. The maximum atomic E-state index is 11.3. The molecule has 4 fully saturated rings. The molecule has 0 unspecified atom stereocenters. The molecule has 188 valence electrons. The van der Waals surface area contributed by atoms with E-state index in [1.165, 1.54) is 19.3 Å². The van der Waals surface area contributed by atoms with Crippen LogP contribution in [0.1, 0.15) is 106 Å². The average Bonchev–Trinajstić information content (AvgIpc) is 2.73. The molecule has 0 aromatic carbocycles. The second kappa shape index (κ2) is 7.10. The number of rotatable bonds is 1. The van der Waals surface area contributed by atoms with E-state index in [0.29, 0.717) is 17.8 Å². The molecule has 0 aromatic heterocycles. The van der Waals surface area contributed by atoms with Crippen LogP contribution in [0, 0.1) is 50.2 Å². The first-order valence-electron chi connectivity index (χ1n) is 13.9. The van der Waals surface area contributed by atoms with Crippen LogP contribution < -0.4 is 0 Å². The smallest absolute Gasteiger partial charge is 0.0618 e. The Labute approximate surface area is 202 Å². The third-order valence-corrected chi connectivity index (χ3v) is 13.2. The van der Waals surface area contributed by atoms with Crippen molar-refractivity contribution in [2.45, 2.75) is 118 Å². The molecule has 5 aliphatic rings. The molecule has 0 saturated heterocycles. The van der Waals surface area contributed by atoms with Gasteiger partial charge in [-0.2, -0.15) is 0 Å². The van der Waals surface area contributed by atoms with E-state index in [2.05, 4.69) is 54.5 Å². The third kappa shape index (κ3) is 2.91. The molecule has 4 saturated carbocycles. The molecule has 10 atom stereocenters. The summed E-state index contributed by atoms with van der Waals surface area (Å²) in [5, 5.41) is 32.6. The second-order valence-electron chi connectivity index (χ2n) is 15.2. The Balaban J connectivity index is 1.58. The molecule has 0 bridgehead atoms. The van der Waals surface area contributed by atoms with E-state index in [1.807, 2.05) is 0 Å². The summed E-state index contributed by atoms with van der Waals surface area (Å²) in [6.45, 7) is 17.0. The highest BCUT2D eigenvalue weighted by Gasteiger charge is 2.69. The highest BCUT2D eigenvalue weighted by Crippen LogP contribution is 2.75. The summed E-state index contributed by atoms with van der Waals surface area (Å²) in [6.07, 6.45) is 11.7. The highest BCUT2D eigenvalue weighted by atomic mass is 16.3. The summed E-state index contributed by atoms with van der Waals surface area (Å²) in [7, 11) is 0. The van der Waals surface area contributed by atoms with Crippen molar-refractivity contribution in [3.05, 3.63) is 11.6 Å². The molecule has 3 heteroatoms. The van der Waals surface area contributed by atoms with E-state index in [4.69, 9.17) is 0 Å². The van der Waals surface area contributed by atoms with Crippen LogP contribution >= 0.6 is 0 Å². The van der Waals surface area contributed by atoms with Crippen molar-refractivity contribution in [1.82, 2.24) is 0 Å². The van der Waals surface area contributed by atoms with Gasteiger partial charge < -0.3 is 15.3 Å². The van der Waals surface area contributed by atoms with Crippen molar-refractivity contribution in [3.63, 3.8) is 0 Å². The van der Waals surface area contributed by atoms with Gasteiger partial charge >= 0.3 is 0 Å². The van der Waals surface area contributed by atoms with Gasteiger partial charge in [-0.05, 0) is 97.2 Å².